The van der Waals surface area contributed by atoms with E-state index in [1.807, 2.05) is 25.1 Å². The van der Waals surface area contributed by atoms with E-state index in [0.717, 1.165) is 14.8 Å². The Kier molecular flexibility index (Phi) is 4.95. The molecule has 0 bridgehead atoms. The molecule has 0 heterocycles. The van der Waals surface area contributed by atoms with Gasteiger partial charge in [0.2, 0.25) is 0 Å². The van der Waals surface area contributed by atoms with E-state index in [0.29, 0.717) is 11.1 Å². The molecule has 1 amide bonds. The van der Waals surface area contributed by atoms with Gasteiger partial charge in [0.15, 0.2) is 0 Å². The molecule has 2 rings (SSSR count). The summed E-state index contributed by atoms with van der Waals surface area (Å²) in [6.45, 7) is 1.93. The first-order valence-electron chi connectivity index (χ1n) is 6.27. The smallest absolute Gasteiger partial charge is 0.337 e. The molecule has 0 unspecified atom stereocenters. The SMILES string of the molecule is COC(=O)c1cccc(C(=O)Nc2ccc(I)cc2C)c1. The minimum Gasteiger partial charge on any atom is -0.465 e. The lowest BCUT2D eigenvalue weighted by Crippen LogP contribution is -2.14. The van der Waals surface area contributed by atoms with Crippen LogP contribution in [0.25, 0.3) is 0 Å². The first-order valence-corrected chi connectivity index (χ1v) is 7.35. The van der Waals surface area contributed by atoms with Crippen molar-refractivity contribution in [2.24, 2.45) is 0 Å². The second-order valence-corrected chi connectivity index (χ2v) is 5.73. The summed E-state index contributed by atoms with van der Waals surface area (Å²) in [6.07, 6.45) is 0. The quantitative estimate of drug-likeness (QED) is 0.638. The molecule has 0 aromatic heterocycles. The van der Waals surface area contributed by atoms with Gasteiger partial charge < -0.3 is 10.1 Å². The summed E-state index contributed by atoms with van der Waals surface area (Å²) in [5.41, 5.74) is 2.50. The Morgan fingerprint density at radius 3 is 2.48 bits per heavy atom. The highest BCUT2D eigenvalue weighted by atomic mass is 127. The predicted molar refractivity (Wildman–Crippen MR) is 89.6 cm³/mol. The molecule has 0 aliphatic carbocycles. The number of carbonyl (C=O) groups is 2. The Bertz CT molecular complexity index is 698. The summed E-state index contributed by atoms with van der Waals surface area (Å²) in [5.74, 6) is -0.722. The van der Waals surface area contributed by atoms with Crippen LogP contribution in [0, 0.1) is 10.5 Å². The van der Waals surface area contributed by atoms with Gasteiger partial charge in [-0.3, -0.25) is 4.79 Å². The van der Waals surface area contributed by atoms with Crippen molar-refractivity contribution < 1.29 is 14.3 Å². The average Bonchev–Trinajstić information content (AvgIpc) is 2.49. The minimum atomic E-state index is -0.463. The maximum Gasteiger partial charge on any atom is 0.337 e. The molecule has 0 fully saturated rings. The van der Waals surface area contributed by atoms with Crippen molar-refractivity contribution >= 4 is 40.2 Å². The summed E-state index contributed by atoms with van der Waals surface area (Å²) >= 11 is 2.22. The summed E-state index contributed by atoms with van der Waals surface area (Å²) in [6, 6.07) is 12.2. The second kappa shape index (κ2) is 6.71. The van der Waals surface area contributed by atoms with Crippen LogP contribution in [0.15, 0.2) is 42.5 Å². The fourth-order valence-electron chi connectivity index (χ4n) is 1.87. The average molecular weight is 395 g/mol. The standard InChI is InChI=1S/C16H14INO3/c1-10-8-13(17)6-7-14(10)18-15(19)11-4-3-5-12(9-11)16(20)21-2/h3-9H,1-2H3,(H,18,19). The van der Waals surface area contributed by atoms with Crippen molar-refractivity contribution in [3.63, 3.8) is 0 Å². The van der Waals surface area contributed by atoms with Crippen LogP contribution in [-0.2, 0) is 4.74 Å². The molecule has 0 aliphatic rings. The number of esters is 1. The number of amides is 1. The third-order valence-corrected chi connectivity index (χ3v) is 3.65. The van der Waals surface area contributed by atoms with Gasteiger partial charge in [0.05, 0.1) is 12.7 Å². The third-order valence-electron chi connectivity index (χ3n) is 2.98. The topological polar surface area (TPSA) is 55.4 Å². The number of rotatable bonds is 3. The number of carbonyl (C=O) groups excluding carboxylic acids is 2. The molecule has 1 N–H and O–H groups in total. The molecule has 21 heavy (non-hydrogen) atoms. The van der Waals surface area contributed by atoms with Crippen molar-refractivity contribution in [3.8, 4) is 0 Å². The fourth-order valence-corrected chi connectivity index (χ4v) is 2.51. The molecule has 0 saturated heterocycles. The molecular formula is C16H14INO3. The number of anilines is 1. The summed E-state index contributed by atoms with van der Waals surface area (Å²) in [5, 5.41) is 2.84. The number of aryl methyl sites for hydroxylation is 1. The zero-order chi connectivity index (χ0) is 15.4. The van der Waals surface area contributed by atoms with Crippen LogP contribution in [0.3, 0.4) is 0 Å². The van der Waals surface area contributed by atoms with Gasteiger partial charge in [0.1, 0.15) is 0 Å². The van der Waals surface area contributed by atoms with E-state index in [-0.39, 0.29) is 5.91 Å². The highest BCUT2D eigenvalue weighted by molar-refractivity contribution is 14.1. The first kappa shape index (κ1) is 15.5. The van der Waals surface area contributed by atoms with Crippen LogP contribution in [0.4, 0.5) is 5.69 Å². The lowest BCUT2D eigenvalue weighted by molar-refractivity contribution is 0.0600. The van der Waals surface area contributed by atoms with Gasteiger partial charge in [0, 0.05) is 14.8 Å². The van der Waals surface area contributed by atoms with E-state index in [4.69, 9.17) is 0 Å². The van der Waals surface area contributed by atoms with Crippen LogP contribution >= 0.6 is 22.6 Å². The number of ether oxygens (including phenoxy) is 1. The van der Waals surface area contributed by atoms with E-state index >= 15 is 0 Å². The van der Waals surface area contributed by atoms with Gasteiger partial charge >= 0.3 is 5.97 Å². The second-order valence-electron chi connectivity index (χ2n) is 4.49. The van der Waals surface area contributed by atoms with Crippen molar-refractivity contribution in [1.29, 1.82) is 0 Å². The zero-order valence-electron chi connectivity index (χ0n) is 11.6. The number of hydrogen-bond donors (Lipinski definition) is 1. The molecule has 5 heteroatoms. The number of benzene rings is 2. The molecule has 0 radical (unpaired) electrons. The Labute approximate surface area is 136 Å². The highest BCUT2D eigenvalue weighted by Gasteiger charge is 2.11. The van der Waals surface area contributed by atoms with E-state index in [9.17, 15) is 9.59 Å². The molecule has 108 valence electrons. The van der Waals surface area contributed by atoms with E-state index in [1.165, 1.54) is 13.2 Å². The van der Waals surface area contributed by atoms with Crippen LogP contribution in [-0.4, -0.2) is 19.0 Å². The fraction of sp³-hybridized carbons (Fsp3) is 0.125. The van der Waals surface area contributed by atoms with Crippen molar-refractivity contribution in [3.05, 3.63) is 62.7 Å². The maximum absolute atomic E-state index is 12.2. The molecule has 2 aromatic rings. The summed E-state index contributed by atoms with van der Waals surface area (Å²) < 4.78 is 5.76. The zero-order valence-corrected chi connectivity index (χ0v) is 13.8. The molecule has 2 aromatic carbocycles. The Hall–Kier alpha value is -1.89. The third kappa shape index (κ3) is 3.81. The number of hydrogen-bond acceptors (Lipinski definition) is 3. The molecule has 0 atom stereocenters. The molecule has 0 saturated carbocycles. The van der Waals surface area contributed by atoms with Crippen LogP contribution < -0.4 is 5.32 Å². The van der Waals surface area contributed by atoms with Crippen LogP contribution in [0.5, 0.6) is 0 Å². The van der Waals surface area contributed by atoms with E-state index in [2.05, 4.69) is 32.6 Å². The summed E-state index contributed by atoms with van der Waals surface area (Å²) in [7, 11) is 1.31. The molecular weight excluding hydrogens is 381 g/mol. The van der Waals surface area contributed by atoms with Crippen LogP contribution in [0.2, 0.25) is 0 Å². The van der Waals surface area contributed by atoms with Crippen molar-refractivity contribution in [2.45, 2.75) is 6.92 Å². The lowest BCUT2D eigenvalue weighted by atomic mass is 10.1. The van der Waals surface area contributed by atoms with Gasteiger partial charge in [-0.1, -0.05) is 6.07 Å². The van der Waals surface area contributed by atoms with E-state index < -0.39 is 5.97 Å². The van der Waals surface area contributed by atoms with Gasteiger partial charge in [0.25, 0.3) is 5.91 Å². The summed E-state index contributed by atoms with van der Waals surface area (Å²) in [4.78, 5) is 23.7. The van der Waals surface area contributed by atoms with Gasteiger partial charge in [-0.25, -0.2) is 4.79 Å². The number of nitrogens with one attached hydrogen (secondary N) is 1. The van der Waals surface area contributed by atoms with Crippen molar-refractivity contribution in [1.82, 2.24) is 0 Å². The molecule has 0 aliphatic heterocycles. The number of halogens is 1. The molecule has 0 spiro atoms. The largest absolute Gasteiger partial charge is 0.465 e. The minimum absolute atomic E-state index is 0.259. The van der Waals surface area contributed by atoms with Crippen LogP contribution in [0.1, 0.15) is 26.3 Å². The normalized spacial score (nSPS) is 10.0. The van der Waals surface area contributed by atoms with E-state index in [1.54, 1.807) is 18.2 Å². The first-order chi connectivity index (χ1) is 10.0. The van der Waals surface area contributed by atoms with Gasteiger partial charge in [-0.05, 0) is 71.5 Å². The maximum atomic E-state index is 12.2. The van der Waals surface area contributed by atoms with Gasteiger partial charge in [-0.15, -0.1) is 0 Å². The lowest BCUT2D eigenvalue weighted by Gasteiger charge is -2.09. The Morgan fingerprint density at radius 2 is 1.81 bits per heavy atom. The highest BCUT2D eigenvalue weighted by Crippen LogP contribution is 2.19. The Balaban J connectivity index is 2.22. The molecule has 4 nitrogen and oxygen atoms in total. The Morgan fingerprint density at radius 1 is 1.10 bits per heavy atom. The predicted octanol–water partition coefficient (Wildman–Crippen LogP) is 3.64. The number of methoxy groups -OCH3 is 1. The monoisotopic (exact) mass is 395 g/mol. The van der Waals surface area contributed by atoms with Crippen molar-refractivity contribution in [2.75, 3.05) is 12.4 Å². The van der Waals surface area contributed by atoms with Gasteiger partial charge in [-0.2, -0.15) is 0 Å².